The Balaban J connectivity index is 1.39. The first kappa shape index (κ1) is 18.7. The van der Waals surface area contributed by atoms with Gasteiger partial charge < -0.3 is 15.1 Å². The topological polar surface area (TPSA) is 65.9 Å². The Morgan fingerprint density at radius 3 is 2.50 bits per heavy atom. The van der Waals surface area contributed by atoms with E-state index in [1.807, 2.05) is 0 Å². The molecule has 1 saturated heterocycles. The number of quaternary nitrogens is 1. The molecule has 6 nitrogen and oxygen atoms in total. The number of nitrogens with zero attached hydrogens (tertiary/aromatic N) is 1. The molecule has 3 rings (SSSR count). The average molecular weight is 359 g/mol. The number of anilines is 1. The number of rotatable bonds is 4. The van der Waals surface area contributed by atoms with E-state index in [0.29, 0.717) is 6.54 Å². The van der Waals surface area contributed by atoms with E-state index < -0.39 is 0 Å². The van der Waals surface area contributed by atoms with Crippen molar-refractivity contribution in [3.8, 4) is 0 Å². The molecule has 0 unspecified atom stereocenters. The van der Waals surface area contributed by atoms with Gasteiger partial charge in [-0.15, -0.1) is 0 Å². The van der Waals surface area contributed by atoms with Crippen LogP contribution in [0.5, 0.6) is 0 Å². The Morgan fingerprint density at radius 1 is 1.12 bits per heavy atom. The van der Waals surface area contributed by atoms with Gasteiger partial charge in [-0.25, -0.2) is 4.79 Å². The minimum atomic E-state index is -0.333. The number of piperazine rings is 1. The average Bonchev–Trinajstić information content (AvgIpc) is 2.63. The number of carbonyl (C=O) groups excluding carboxylic acids is 2. The van der Waals surface area contributed by atoms with E-state index in [0.717, 1.165) is 51.9 Å². The lowest BCUT2D eigenvalue weighted by atomic mass is 9.96. The minimum Gasteiger partial charge on any atom is -0.360 e. The summed E-state index contributed by atoms with van der Waals surface area (Å²) in [7, 11) is 0. The largest absolute Gasteiger partial charge is 0.360 e. The number of amides is 3. The maximum absolute atomic E-state index is 12.2. The van der Waals surface area contributed by atoms with Crippen molar-refractivity contribution in [2.45, 2.75) is 45.1 Å². The van der Waals surface area contributed by atoms with Crippen molar-refractivity contribution in [1.29, 1.82) is 0 Å². The van der Waals surface area contributed by atoms with Gasteiger partial charge in [-0.2, -0.15) is 0 Å². The van der Waals surface area contributed by atoms with Crippen LogP contribution in [-0.4, -0.2) is 50.7 Å². The van der Waals surface area contributed by atoms with E-state index in [1.165, 1.54) is 22.6 Å². The molecular formula is C20H31N4O2+. The predicted molar refractivity (Wildman–Crippen MR) is 103 cm³/mol. The molecule has 3 amide bonds. The third-order valence-electron chi connectivity index (χ3n) is 5.53. The van der Waals surface area contributed by atoms with Gasteiger partial charge in [0.1, 0.15) is 0 Å². The predicted octanol–water partition coefficient (Wildman–Crippen LogP) is 0.858. The molecule has 3 N–H and O–H groups in total. The van der Waals surface area contributed by atoms with Gasteiger partial charge in [0.2, 0.25) is 0 Å². The van der Waals surface area contributed by atoms with Crippen molar-refractivity contribution in [2.24, 2.45) is 0 Å². The molecule has 1 saturated carbocycles. The van der Waals surface area contributed by atoms with Crippen LogP contribution in [0.4, 0.5) is 10.5 Å². The first-order valence-corrected chi connectivity index (χ1v) is 9.86. The van der Waals surface area contributed by atoms with Crippen LogP contribution in [0.2, 0.25) is 0 Å². The second-order valence-electron chi connectivity index (χ2n) is 7.56. The fourth-order valence-corrected chi connectivity index (χ4v) is 4.03. The van der Waals surface area contributed by atoms with E-state index in [1.54, 1.807) is 0 Å². The van der Waals surface area contributed by atoms with Gasteiger partial charge in [-0.1, -0.05) is 37.5 Å². The SMILES string of the molecule is Cc1ccccc1N1CC[NH+](CC(=O)NC(=O)NC2CCCCC2)CC1. The number of imide groups is 1. The summed E-state index contributed by atoms with van der Waals surface area (Å²) in [5, 5.41) is 5.44. The number of para-hydroxylation sites is 1. The van der Waals surface area contributed by atoms with Gasteiger partial charge in [-0.3, -0.25) is 10.1 Å². The Morgan fingerprint density at radius 2 is 1.81 bits per heavy atom. The molecule has 1 aliphatic heterocycles. The molecule has 0 aromatic heterocycles. The van der Waals surface area contributed by atoms with E-state index in [9.17, 15) is 9.59 Å². The molecule has 0 radical (unpaired) electrons. The van der Waals surface area contributed by atoms with Crippen LogP contribution in [0.15, 0.2) is 24.3 Å². The van der Waals surface area contributed by atoms with Crippen LogP contribution in [0.25, 0.3) is 0 Å². The number of urea groups is 1. The molecule has 0 spiro atoms. The molecule has 1 aromatic carbocycles. The minimum absolute atomic E-state index is 0.183. The zero-order valence-electron chi connectivity index (χ0n) is 15.7. The summed E-state index contributed by atoms with van der Waals surface area (Å²) in [6, 6.07) is 8.31. The van der Waals surface area contributed by atoms with Crippen LogP contribution >= 0.6 is 0 Å². The highest BCUT2D eigenvalue weighted by atomic mass is 16.2. The second-order valence-corrected chi connectivity index (χ2v) is 7.56. The molecule has 1 heterocycles. The Labute approximate surface area is 155 Å². The van der Waals surface area contributed by atoms with E-state index in [-0.39, 0.29) is 18.0 Å². The first-order chi connectivity index (χ1) is 12.6. The lowest BCUT2D eigenvalue weighted by Crippen LogP contribution is -3.16. The monoisotopic (exact) mass is 359 g/mol. The third-order valence-corrected chi connectivity index (χ3v) is 5.53. The Bertz CT molecular complexity index is 620. The number of benzene rings is 1. The standard InChI is InChI=1S/C20H30N4O2/c1-16-7-5-6-10-18(16)24-13-11-23(12-14-24)15-19(25)22-20(26)21-17-8-3-2-4-9-17/h5-7,10,17H,2-4,8-9,11-15H2,1H3,(H2,21,22,25,26)/p+1. The fraction of sp³-hybridized carbons (Fsp3) is 0.600. The first-order valence-electron chi connectivity index (χ1n) is 9.86. The Hall–Kier alpha value is -2.08. The molecule has 6 heteroatoms. The summed E-state index contributed by atoms with van der Waals surface area (Å²) in [5.74, 6) is -0.183. The van der Waals surface area contributed by atoms with Gasteiger partial charge in [0.25, 0.3) is 5.91 Å². The van der Waals surface area contributed by atoms with Gasteiger partial charge in [0, 0.05) is 11.7 Å². The number of hydrogen-bond acceptors (Lipinski definition) is 3. The fourth-order valence-electron chi connectivity index (χ4n) is 4.03. The maximum Gasteiger partial charge on any atom is 0.321 e. The second kappa shape index (κ2) is 9.03. The molecule has 0 atom stereocenters. The van der Waals surface area contributed by atoms with E-state index in [2.05, 4.69) is 46.7 Å². The third kappa shape index (κ3) is 5.21. The lowest BCUT2D eigenvalue weighted by Gasteiger charge is -2.34. The smallest absolute Gasteiger partial charge is 0.321 e. The van der Waals surface area contributed by atoms with Gasteiger partial charge in [0.05, 0.1) is 26.2 Å². The number of hydrogen-bond donors (Lipinski definition) is 3. The molecule has 1 aromatic rings. The summed E-state index contributed by atoms with van der Waals surface area (Å²) < 4.78 is 0. The zero-order valence-corrected chi connectivity index (χ0v) is 15.7. The molecule has 142 valence electrons. The van der Waals surface area contributed by atoms with Crippen molar-refractivity contribution < 1.29 is 14.5 Å². The zero-order chi connectivity index (χ0) is 18.4. The van der Waals surface area contributed by atoms with Crippen LogP contribution in [0, 0.1) is 6.92 Å². The highest BCUT2D eigenvalue weighted by Gasteiger charge is 2.24. The summed E-state index contributed by atoms with van der Waals surface area (Å²) >= 11 is 0. The van der Waals surface area contributed by atoms with Gasteiger partial charge in [-0.05, 0) is 31.4 Å². The van der Waals surface area contributed by atoms with Gasteiger partial charge in [0.15, 0.2) is 6.54 Å². The normalized spacial score (nSPS) is 19.2. The van der Waals surface area contributed by atoms with Gasteiger partial charge >= 0.3 is 6.03 Å². The molecule has 26 heavy (non-hydrogen) atoms. The molecule has 2 fully saturated rings. The summed E-state index contributed by atoms with van der Waals surface area (Å²) in [5.41, 5.74) is 2.57. The molecular weight excluding hydrogens is 328 g/mol. The lowest BCUT2D eigenvalue weighted by molar-refractivity contribution is -0.892. The highest BCUT2D eigenvalue weighted by Crippen LogP contribution is 2.19. The quantitative estimate of drug-likeness (QED) is 0.747. The van der Waals surface area contributed by atoms with Crippen molar-refractivity contribution in [3.63, 3.8) is 0 Å². The van der Waals surface area contributed by atoms with E-state index in [4.69, 9.17) is 0 Å². The summed E-state index contributed by atoms with van der Waals surface area (Å²) in [4.78, 5) is 27.8. The van der Waals surface area contributed by atoms with Crippen LogP contribution in [0.1, 0.15) is 37.7 Å². The van der Waals surface area contributed by atoms with Crippen molar-refractivity contribution in [1.82, 2.24) is 10.6 Å². The molecule has 0 bridgehead atoms. The van der Waals surface area contributed by atoms with Crippen LogP contribution in [-0.2, 0) is 4.79 Å². The molecule has 2 aliphatic rings. The number of aryl methyl sites for hydroxylation is 1. The maximum atomic E-state index is 12.2. The van der Waals surface area contributed by atoms with E-state index >= 15 is 0 Å². The summed E-state index contributed by atoms with van der Waals surface area (Å²) in [6.07, 6.45) is 5.61. The highest BCUT2D eigenvalue weighted by molar-refractivity contribution is 5.94. The van der Waals surface area contributed by atoms with Crippen molar-refractivity contribution >= 4 is 17.6 Å². The molecule has 1 aliphatic carbocycles. The number of carbonyl (C=O) groups is 2. The van der Waals surface area contributed by atoms with Crippen LogP contribution in [0.3, 0.4) is 0 Å². The van der Waals surface area contributed by atoms with Crippen molar-refractivity contribution in [2.75, 3.05) is 37.6 Å². The van der Waals surface area contributed by atoms with Crippen molar-refractivity contribution in [3.05, 3.63) is 29.8 Å². The summed E-state index contributed by atoms with van der Waals surface area (Å²) in [6.45, 7) is 6.17. The number of nitrogens with one attached hydrogen (secondary N) is 3. The van der Waals surface area contributed by atoms with Crippen LogP contribution < -0.4 is 20.4 Å². The Kier molecular flexibility index (Phi) is 6.50.